The molecule has 9 aromatic rings. The van der Waals surface area contributed by atoms with Crippen molar-refractivity contribution in [2.24, 2.45) is 0 Å². The fraction of sp³-hybridized carbons (Fsp3) is 0.371. The summed E-state index contributed by atoms with van der Waals surface area (Å²) in [7, 11) is 5.61. The van der Waals surface area contributed by atoms with Crippen LogP contribution in [0.1, 0.15) is 94.1 Å². The van der Waals surface area contributed by atoms with Gasteiger partial charge in [-0.1, -0.05) is 24.3 Å². The minimum absolute atomic E-state index is 0.00954. The van der Waals surface area contributed by atoms with Crippen LogP contribution in [0.25, 0.3) is 55.6 Å². The van der Waals surface area contributed by atoms with E-state index in [2.05, 4.69) is 80.0 Å². The van der Waals surface area contributed by atoms with E-state index in [9.17, 15) is 22.8 Å². The number of imidazole rings is 1. The lowest BCUT2D eigenvalue weighted by molar-refractivity contribution is -0.141. The molecule has 3 fully saturated rings. The second-order valence-electron chi connectivity index (χ2n) is 22.0. The highest BCUT2D eigenvalue weighted by Gasteiger charge is 2.36. The number of nitrogens with zero attached hydrogens (tertiary/aromatic N) is 12. The largest absolute Gasteiger partial charge is 0.480 e. The first-order valence-electron chi connectivity index (χ1n) is 28.4. The zero-order chi connectivity index (χ0) is 57.8. The summed E-state index contributed by atoms with van der Waals surface area (Å²) in [6.07, 6.45) is 9.38. The highest BCUT2D eigenvalue weighted by molar-refractivity contribution is 6.11. The van der Waals surface area contributed by atoms with Gasteiger partial charge in [0, 0.05) is 103 Å². The van der Waals surface area contributed by atoms with Crippen molar-refractivity contribution >= 4 is 73.1 Å². The number of nitrogens with one attached hydrogen (secondary N) is 3. The number of amides is 2. The van der Waals surface area contributed by atoms with E-state index in [0.717, 1.165) is 125 Å². The minimum Gasteiger partial charge on any atom is -0.480 e. The molecule has 0 atom stereocenters. The number of likely N-dealkylation sites (tertiary alicyclic amines) is 2. The number of anilines is 5. The topological polar surface area (TPSA) is 189 Å². The molecule has 83 heavy (non-hydrogen) atoms. The molecule has 1 saturated carbocycles. The number of hydrogen-bond acceptors (Lipinski definition) is 14. The van der Waals surface area contributed by atoms with Crippen molar-refractivity contribution in [3.05, 3.63) is 127 Å². The molecule has 0 unspecified atom stereocenters. The Morgan fingerprint density at radius 2 is 1.34 bits per heavy atom. The van der Waals surface area contributed by atoms with Crippen molar-refractivity contribution in [3.8, 4) is 28.7 Å². The second kappa shape index (κ2) is 24.5. The van der Waals surface area contributed by atoms with Crippen LogP contribution in [-0.4, -0.2) is 126 Å². The average Bonchev–Trinajstić information content (AvgIpc) is 3.74. The van der Waals surface area contributed by atoms with Gasteiger partial charge in [0.05, 0.1) is 47.7 Å². The maximum Gasteiger partial charge on any atom is 0.434 e. The SMILES string of the molecule is CN(C)c1ccc(Nc2c3ccc(NC(=O)CCN4CCCC4)cc3nc3cc(NC(=O)CCN4CCCC4)ccc23)cc1.COc1ncnc(C2CC2)c1-c1ncc2cnn(Cc3ccc(-c4nc(C(F)(F)F)cn4C(C)C)cc3)c2n1. The van der Waals surface area contributed by atoms with Gasteiger partial charge in [-0.2, -0.15) is 18.3 Å². The average molecular weight is 1130 g/mol. The fourth-order valence-electron chi connectivity index (χ4n) is 10.8. The Hall–Kier alpha value is -8.56. The van der Waals surface area contributed by atoms with Crippen LogP contribution >= 0.6 is 0 Å². The molecule has 21 heteroatoms. The van der Waals surface area contributed by atoms with E-state index in [4.69, 9.17) is 14.7 Å². The number of ether oxygens (including phenoxy) is 1. The van der Waals surface area contributed by atoms with Gasteiger partial charge in [0.25, 0.3) is 0 Å². The molecule has 18 nitrogen and oxygen atoms in total. The molecule has 12 rings (SSSR count). The quantitative estimate of drug-likeness (QED) is 0.0688. The van der Waals surface area contributed by atoms with Crippen molar-refractivity contribution in [2.75, 3.05) is 81.3 Å². The molecule has 5 aromatic heterocycles. The van der Waals surface area contributed by atoms with Crippen molar-refractivity contribution in [2.45, 2.75) is 89.9 Å². The van der Waals surface area contributed by atoms with E-state index in [0.29, 0.717) is 53.8 Å². The Labute approximate surface area is 479 Å². The monoisotopic (exact) mass is 1130 g/mol. The second-order valence-corrected chi connectivity index (χ2v) is 22.0. The molecule has 1 aliphatic carbocycles. The zero-order valence-corrected chi connectivity index (χ0v) is 47.4. The lowest BCUT2D eigenvalue weighted by Gasteiger charge is -2.17. The number of aromatic nitrogens is 9. The van der Waals surface area contributed by atoms with Gasteiger partial charge >= 0.3 is 6.18 Å². The third-order valence-corrected chi connectivity index (χ3v) is 15.4. The lowest BCUT2D eigenvalue weighted by Crippen LogP contribution is -2.25. The zero-order valence-electron chi connectivity index (χ0n) is 47.4. The van der Waals surface area contributed by atoms with Gasteiger partial charge in [-0.05, 0) is 145 Å². The summed E-state index contributed by atoms with van der Waals surface area (Å²) < 4.78 is 48.7. The number of fused-ring (bicyclic) bond motifs is 3. The summed E-state index contributed by atoms with van der Waals surface area (Å²) in [6, 6.07) is 27.2. The van der Waals surface area contributed by atoms with Gasteiger partial charge in [0.2, 0.25) is 17.7 Å². The van der Waals surface area contributed by atoms with E-state index >= 15 is 0 Å². The predicted molar refractivity (Wildman–Crippen MR) is 318 cm³/mol. The Bertz CT molecular complexity index is 3680. The van der Waals surface area contributed by atoms with Crippen molar-refractivity contribution in [3.63, 3.8) is 0 Å². The van der Waals surface area contributed by atoms with Crippen LogP contribution in [0.3, 0.4) is 0 Å². The summed E-state index contributed by atoms with van der Waals surface area (Å²) in [6.45, 7) is 9.94. The Kier molecular flexibility index (Phi) is 16.6. The van der Waals surface area contributed by atoms with Gasteiger partial charge in [-0.3, -0.25) is 9.59 Å². The molecule has 0 bridgehead atoms. The minimum atomic E-state index is -4.51. The van der Waals surface area contributed by atoms with E-state index in [1.54, 1.807) is 36.3 Å². The summed E-state index contributed by atoms with van der Waals surface area (Å²) in [4.78, 5) is 59.3. The Balaban J connectivity index is 0.000000175. The smallest absolute Gasteiger partial charge is 0.434 e. The first-order valence-corrected chi connectivity index (χ1v) is 28.4. The number of rotatable bonds is 18. The van der Waals surface area contributed by atoms with Crippen molar-refractivity contribution in [1.82, 2.24) is 54.1 Å². The Morgan fingerprint density at radius 1 is 0.735 bits per heavy atom. The van der Waals surface area contributed by atoms with E-state index in [1.807, 2.05) is 76.5 Å². The highest BCUT2D eigenvalue weighted by Crippen LogP contribution is 2.45. The van der Waals surface area contributed by atoms with E-state index in [-0.39, 0.29) is 23.7 Å². The van der Waals surface area contributed by atoms with Gasteiger partial charge < -0.3 is 40.0 Å². The highest BCUT2D eigenvalue weighted by atomic mass is 19.4. The Morgan fingerprint density at radius 3 is 1.89 bits per heavy atom. The van der Waals surface area contributed by atoms with Crippen LogP contribution in [0.15, 0.2) is 110 Å². The fourth-order valence-corrected chi connectivity index (χ4v) is 10.8. The number of carbonyl (C=O) groups excluding carboxylic acids is 2. The van der Waals surface area contributed by atoms with Crippen LogP contribution in [0, 0.1) is 0 Å². The molecule has 4 aromatic carbocycles. The first kappa shape index (κ1) is 56.3. The van der Waals surface area contributed by atoms with Crippen molar-refractivity contribution in [1.29, 1.82) is 0 Å². The molecular formula is C62H68F3N15O3. The number of carbonyl (C=O) groups is 2. The molecule has 430 valence electrons. The first-order chi connectivity index (χ1) is 40.1. The van der Waals surface area contributed by atoms with Crippen LogP contribution < -0.4 is 25.6 Å². The molecule has 2 amide bonds. The summed E-state index contributed by atoms with van der Waals surface area (Å²) in [5, 5.41) is 17.0. The van der Waals surface area contributed by atoms with Crippen LogP contribution in [-0.2, 0) is 22.3 Å². The molecular weight excluding hydrogens is 1060 g/mol. The normalized spacial score (nSPS) is 14.8. The van der Waals surface area contributed by atoms with Crippen LogP contribution in [0.4, 0.5) is 41.6 Å². The molecule has 7 heterocycles. The standard InChI is InChI=1S/C35H43N7O2.C27H25F3N8O/c1-40(2)28-11-7-25(8-12-28)38-35-29-13-9-26(36-33(43)15-21-41-17-3-4-18-41)23-31(29)39-32-24-27(10-14-30(32)35)37-34(44)16-22-42-19-5-6-20-42;1-15(2)37-13-20(27(28,29)30)35-24(37)18-6-4-16(5-7-18)12-38-25-19(11-34-38)10-31-23(36-25)21-22(17-8-9-17)32-14-33-26(21)39-3/h7-14,23-24H,3-6,15-22H2,1-2H3,(H,36,43)(H,37,44)(H,38,39);4-7,10-11,13-15,17H,8-9,12H2,1-3H3. The molecule has 2 saturated heterocycles. The van der Waals surface area contributed by atoms with Crippen LogP contribution in [0.2, 0.25) is 0 Å². The van der Waals surface area contributed by atoms with Gasteiger partial charge in [-0.15, -0.1) is 0 Å². The van der Waals surface area contributed by atoms with Gasteiger partial charge in [-0.25, -0.2) is 34.6 Å². The third-order valence-electron chi connectivity index (χ3n) is 15.4. The van der Waals surface area contributed by atoms with Crippen molar-refractivity contribution < 1.29 is 27.5 Å². The number of methoxy groups -OCH3 is 1. The molecule has 0 spiro atoms. The third kappa shape index (κ3) is 13.2. The maximum absolute atomic E-state index is 13.3. The predicted octanol–water partition coefficient (Wildman–Crippen LogP) is 11.7. The van der Waals surface area contributed by atoms with E-state index in [1.165, 1.54) is 36.6 Å². The number of halogens is 3. The lowest BCUT2D eigenvalue weighted by atomic mass is 10.1. The van der Waals surface area contributed by atoms with E-state index < -0.39 is 11.9 Å². The molecule has 3 aliphatic rings. The number of pyridine rings is 1. The molecule has 0 radical (unpaired) electrons. The molecule has 2 aliphatic heterocycles. The number of alkyl halides is 3. The van der Waals surface area contributed by atoms with Gasteiger partial charge in [0.1, 0.15) is 17.7 Å². The van der Waals surface area contributed by atoms with Gasteiger partial charge in [0.15, 0.2) is 17.2 Å². The maximum atomic E-state index is 13.3. The summed E-state index contributed by atoms with van der Waals surface area (Å²) >= 11 is 0. The number of hydrogen-bond donors (Lipinski definition) is 3. The summed E-state index contributed by atoms with van der Waals surface area (Å²) in [5.74, 6) is 1.54. The summed E-state index contributed by atoms with van der Waals surface area (Å²) in [5.41, 5.74) is 8.81. The van der Waals surface area contributed by atoms with Crippen LogP contribution in [0.5, 0.6) is 5.88 Å². The number of benzene rings is 4. The molecule has 3 N–H and O–H groups in total.